The van der Waals surface area contributed by atoms with Crippen molar-refractivity contribution in [3.05, 3.63) is 30.1 Å². The molecule has 22 heavy (non-hydrogen) atoms. The number of halogens is 1. The fourth-order valence-corrected chi connectivity index (χ4v) is 2.28. The lowest BCUT2D eigenvalue weighted by atomic mass is 10.2. The fourth-order valence-electron chi connectivity index (χ4n) is 2.28. The molecule has 0 amide bonds. The molecule has 1 aromatic carbocycles. The highest BCUT2D eigenvalue weighted by molar-refractivity contribution is 5.21. The molecule has 0 saturated heterocycles. The second kappa shape index (κ2) is 9.77. The van der Waals surface area contributed by atoms with E-state index in [4.69, 9.17) is 9.47 Å². The molecular weight excluding hydrogens is 285 g/mol. The molecule has 0 spiro atoms. The van der Waals surface area contributed by atoms with Gasteiger partial charge in [0.15, 0.2) is 0 Å². The summed E-state index contributed by atoms with van der Waals surface area (Å²) in [7, 11) is 0. The average molecular weight is 313 g/mol. The zero-order chi connectivity index (χ0) is 16.5. The Morgan fingerprint density at radius 3 is 2.18 bits per heavy atom. The summed E-state index contributed by atoms with van der Waals surface area (Å²) in [6.45, 7) is 10.1. The highest BCUT2D eigenvalue weighted by Crippen LogP contribution is 2.10. The van der Waals surface area contributed by atoms with E-state index in [1.54, 1.807) is 12.1 Å². The van der Waals surface area contributed by atoms with Crippen molar-refractivity contribution in [1.29, 1.82) is 0 Å². The van der Waals surface area contributed by atoms with Crippen LogP contribution in [0, 0.1) is 5.82 Å². The minimum atomic E-state index is -0.518. The van der Waals surface area contributed by atoms with E-state index in [-0.39, 0.29) is 12.4 Å². The zero-order valence-corrected chi connectivity index (χ0v) is 14.0. The van der Waals surface area contributed by atoms with Crippen LogP contribution in [0.25, 0.3) is 0 Å². The van der Waals surface area contributed by atoms with Gasteiger partial charge in [0.25, 0.3) is 0 Å². The summed E-state index contributed by atoms with van der Waals surface area (Å²) < 4.78 is 23.6. The molecule has 0 heterocycles. The van der Waals surface area contributed by atoms with E-state index < -0.39 is 6.10 Å². The first-order chi connectivity index (χ1) is 10.4. The number of hydrogen-bond donors (Lipinski definition) is 1. The first kappa shape index (κ1) is 18.9. The number of hydrogen-bond acceptors (Lipinski definition) is 4. The van der Waals surface area contributed by atoms with Gasteiger partial charge in [-0.25, -0.2) is 4.39 Å². The van der Waals surface area contributed by atoms with Crippen molar-refractivity contribution < 1.29 is 19.0 Å². The quantitative estimate of drug-likeness (QED) is 0.674. The van der Waals surface area contributed by atoms with Crippen molar-refractivity contribution in [2.24, 2.45) is 0 Å². The van der Waals surface area contributed by atoms with Crippen LogP contribution in [0.15, 0.2) is 24.3 Å². The van der Waals surface area contributed by atoms with Crippen LogP contribution >= 0.6 is 0 Å². The third-order valence-electron chi connectivity index (χ3n) is 3.37. The van der Waals surface area contributed by atoms with Gasteiger partial charge in [-0.2, -0.15) is 0 Å². The van der Waals surface area contributed by atoms with Crippen molar-refractivity contribution in [1.82, 2.24) is 4.90 Å². The Morgan fingerprint density at radius 1 is 1.05 bits per heavy atom. The molecule has 4 nitrogen and oxygen atoms in total. The molecule has 1 aromatic rings. The molecule has 0 aromatic heterocycles. The number of ether oxygens (including phenoxy) is 2. The van der Waals surface area contributed by atoms with Crippen LogP contribution in [0.2, 0.25) is 0 Å². The minimum absolute atomic E-state index is 0.280. The van der Waals surface area contributed by atoms with Crippen LogP contribution in [-0.4, -0.2) is 54.6 Å². The SMILES string of the molecule is CC(C)N(C[C@H](O)COCCOc1ccc(F)cc1)C(C)C. The van der Waals surface area contributed by atoms with Gasteiger partial charge in [0, 0.05) is 18.6 Å². The maximum Gasteiger partial charge on any atom is 0.123 e. The Bertz CT molecular complexity index is 401. The molecular formula is C17H28FNO3. The molecule has 126 valence electrons. The summed E-state index contributed by atoms with van der Waals surface area (Å²) in [5.41, 5.74) is 0. The van der Waals surface area contributed by atoms with Gasteiger partial charge in [0.05, 0.1) is 19.3 Å². The lowest BCUT2D eigenvalue weighted by Gasteiger charge is -2.32. The van der Waals surface area contributed by atoms with E-state index >= 15 is 0 Å². The van der Waals surface area contributed by atoms with Crippen LogP contribution in [0.5, 0.6) is 5.75 Å². The van der Waals surface area contributed by atoms with Gasteiger partial charge in [-0.05, 0) is 52.0 Å². The lowest BCUT2D eigenvalue weighted by Crippen LogP contribution is -2.43. The van der Waals surface area contributed by atoms with Gasteiger partial charge in [-0.15, -0.1) is 0 Å². The predicted octanol–water partition coefficient (Wildman–Crippen LogP) is 2.70. The summed E-state index contributed by atoms with van der Waals surface area (Å²) in [4.78, 5) is 2.23. The predicted molar refractivity (Wildman–Crippen MR) is 85.7 cm³/mol. The first-order valence-corrected chi connectivity index (χ1v) is 7.80. The minimum Gasteiger partial charge on any atom is -0.491 e. The smallest absolute Gasteiger partial charge is 0.123 e. The molecule has 0 unspecified atom stereocenters. The van der Waals surface area contributed by atoms with Crippen molar-refractivity contribution in [3.63, 3.8) is 0 Å². The average Bonchev–Trinajstić information content (AvgIpc) is 2.45. The topological polar surface area (TPSA) is 41.9 Å². The third-order valence-corrected chi connectivity index (χ3v) is 3.37. The van der Waals surface area contributed by atoms with Crippen molar-refractivity contribution in [3.8, 4) is 5.75 Å². The van der Waals surface area contributed by atoms with Gasteiger partial charge >= 0.3 is 0 Å². The van der Waals surface area contributed by atoms with Crippen LogP contribution in [0.3, 0.4) is 0 Å². The summed E-state index contributed by atoms with van der Waals surface area (Å²) in [6, 6.07) is 6.63. The Kier molecular flexibility index (Phi) is 8.38. The molecule has 1 atom stereocenters. The Morgan fingerprint density at radius 2 is 1.64 bits per heavy atom. The maximum atomic E-state index is 12.7. The van der Waals surface area contributed by atoms with Crippen molar-refractivity contribution in [2.75, 3.05) is 26.4 Å². The van der Waals surface area contributed by atoms with E-state index in [2.05, 4.69) is 32.6 Å². The van der Waals surface area contributed by atoms with Crippen molar-refractivity contribution in [2.45, 2.75) is 45.9 Å². The molecule has 0 saturated carbocycles. The molecule has 0 fully saturated rings. The molecule has 0 bridgehead atoms. The number of rotatable bonds is 10. The van der Waals surface area contributed by atoms with Crippen LogP contribution in [0.4, 0.5) is 4.39 Å². The summed E-state index contributed by atoms with van der Waals surface area (Å²) in [5, 5.41) is 10.0. The van der Waals surface area contributed by atoms with Gasteiger partial charge in [-0.3, -0.25) is 4.90 Å². The largest absolute Gasteiger partial charge is 0.491 e. The number of benzene rings is 1. The second-order valence-electron chi connectivity index (χ2n) is 5.92. The summed E-state index contributed by atoms with van der Waals surface area (Å²) in [6.07, 6.45) is -0.518. The number of aliphatic hydroxyl groups excluding tert-OH is 1. The first-order valence-electron chi connectivity index (χ1n) is 7.80. The molecule has 0 aliphatic carbocycles. The molecule has 1 rings (SSSR count). The van der Waals surface area contributed by atoms with E-state index in [1.807, 2.05) is 0 Å². The lowest BCUT2D eigenvalue weighted by molar-refractivity contribution is -0.00280. The Hall–Kier alpha value is -1.17. The van der Waals surface area contributed by atoms with E-state index in [9.17, 15) is 9.50 Å². The van der Waals surface area contributed by atoms with Gasteiger partial charge in [0.2, 0.25) is 0 Å². The highest BCUT2D eigenvalue weighted by Gasteiger charge is 2.17. The number of aliphatic hydroxyl groups is 1. The summed E-state index contributed by atoms with van der Waals surface area (Å²) in [5.74, 6) is 0.322. The fraction of sp³-hybridized carbons (Fsp3) is 0.647. The van der Waals surface area contributed by atoms with E-state index in [0.29, 0.717) is 37.6 Å². The van der Waals surface area contributed by atoms with Crippen LogP contribution in [0.1, 0.15) is 27.7 Å². The van der Waals surface area contributed by atoms with Crippen LogP contribution in [-0.2, 0) is 4.74 Å². The highest BCUT2D eigenvalue weighted by atomic mass is 19.1. The standard InChI is InChI=1S/C17H28FNO3/c1-13(2)19(14(3)4)11-16(20)12-21-9-10-22-17-7-5-15(18)6-8-17/h5-8,13-14,16,20H,9-12H2,1-4H3/t16-/m0/s1. The van der Waals surface area contributed by atoms with E-state index in [1.165, 1.54) is 12.1 Å². The Labute approximate surface area is 132 Å². The van der Waals surface area contributed by atoms with Gasteiger partial charge < -0.3 is 14.6 Å². The molecule has 5 heteroatoms. The van der Waals surface area contributed by atoms with Crippen LogP contribution < -0.4 is 4.74 Å². The monoisotopic (exact) mass is 313 g/mol. The van der Waals surface area contributed by atoms with Gasteiger partial charge in [-0.1, -0.05) is 0 Å². The maximum absolute atomic E-state index is 12.7. The molecule has 1 N–H and O–H groups in total. The molecule has 0 aliphatic heterocycles. The zero-order valence-electron chi connectivity index (χ0n) is 14.0. The molecule has 0 radical (unpaired) electrons. The van der Waals surface area contributed by atoms with Gasteiger partial charge in [0.1, 0.15) is 18.2 Å². The van der Waals surface area contributed by atoms with E-state index in [0.717, 1.165) is 0 Å². The normalized spacial score (nSPS) is 13.1. The van der Waals surface area contributed by atoms with Crippen molar-refractivity contribution >= 4 is 0 Å². The second-order valence-corrected chi connectivity index (χ2v) is 5.92. The molecule has 0 aliphatic rings. The third kappa shape index (κ3) is 7.20. The number of nitrogens with zero attached hydrogens (tertiary/aromatic N) is 1. The summed E-state index contributed by atoms with van der Waals surface area (Å²) >= 11 is 0. The Balaban J connectivity index is 2.17.